The Balaban J connectivity index is 1.28. The highest BCUT2D eigenvalue weighted by Gasteiger charge is 2.34. The molecule has 37 heavy (non-hydrogen) atoms. The lowest BCUT2D eigenvalue weighted by atomic mass is 9.84. The maximum atomic E-state index is 14.2. The molecule has 0 spiro atoms. The number of hydrogen-bond acceptors (Lipinski definition) is 5. The van der Waals surface area contributed by atoms with Crippen molar-refractivity contribution >= 4 is 11.1 Å². The largest absolute Gasteiger partial charge is 0.508 e. The summed E-state index contributed by atoms with van der Waals surface area (Å²) in [7, 11) is 0. The molecular weight excluding hydrogens is 469 g/mol. The van der Waals surface area contributed by atoms with E-state index >= 15 is 0 Å². The molecule has 3 heterocycles. The number of phenols is 1. The quantitative estimate of drug-likeness (QED) is 0.426. The molecule has 1 saturated heterocycles. The smallest absolute Gasteiger partial charge is 0.150 e. The minimum absolute atomic E-state index is 0.153. The Morgan fingerprint density at radius 1 is 0.892 bits per heavy atom. The molecule has 3 aromatic rings. The Kier molecular flexibility index (Phi) is 6.75. The molecule has 5 nitrogen and oxygen atoms in total. The molecule has 0 aliphatic carbocycles. The number of rotatable bonds is 5. The van der Waals surface area contributed by atoms with E-state index in [1.165, 1.54) is 37.8 Å². The van der Waals surface area contributed by atoms with E-state index in [4.69, 9.17) is 14.2 Å². The summed E-state index contributed by atoms with van der Waals surface area (Å²) in [4.78, 5) is 2.49. The molecular formula is C31H32FNO4. The molecule has 3 aliphatic heterocycles. The van der Waals surface area contributed by atoms with Crippen molar-refractivity contribution in [3.8, 4) is 23.0 Å². The van der Waals surface area contributed by atoms with E-state index in [0.717, 1.165) is 53.2 Å². The highest BCUT2D eigenvalue weighted by atomic mass is 19.1. The third kappa shape index (κ3) is 5.03. The molecule has 0 saturated carbocycles. The topological polar surface area (TPSA) is 51.2 Å². The second kappa shape index (κ2) is 10.5. The van der Waals surface area contributed by atoms with Gasteiger partial charge in [0.15, 0.2) is 0 Å². The predicted molar refractivity (Wildman–Crippen MR) is 142 cm³/mol. The molecule has 0 radical (unpaired) electrons. The minimum Gasteiger partial charge on any atom is -0.508 e. The molecule has 1 atom stereocenters. The lowest BCUT2D eigenvalue weighted by Crippen LogP contribution is -2.29. The first-order valence-corrected chi connectivity index (χ1v) is 13.3. The van der Waals surface area contributed by atoms with Crippen molar-refractivity contribution in [2.75, 3.05) is 32.8 Å². The lowest BCUT2D eigenvalue weighted by Gasteiger charge is -2.31. The van der Waals surface area contributed by atoms with Gasteiger partial charge in [-0.15, -0.1) is 0 Å². The first-order valence-electron chi connectivity index (χ1n) is 13.3. The van der Waals surface area contributed by atoms with Crippen LogP contribution in [0.5, 0.6) is 23.0 Å². The summed E-state index contributed by atoms with van der Waals surface area (Å²) in [6.45, 7) is 4.38. The summed E-state index contributed by atoms with van der Waals surface area (Å²) in [6.07, 6.45) is 5.41. The predicted octanol–water partition coefficient (Wildman–Crippen LogP) is 6.61. The highest BCUT2D eigenvalue weighted by molar-refractivity contribution is 5.98. The molecule has 192 valence electrons. The van der Waals surface area contributed by atoms with E-state index in [2.05, 4.69) is 4.90 Å². The van der Waals surface area contributed by atoms with Crippen molar-refractivity contribution in [2.45, 2.75) is 38.2 Å². The summed E-state index contributed by atoms with van der Waals surface area (Å²) in [5.74, 6) is 1.80. The Bertz CT molecular complexity index is 1300. The van der Waals surface area contributed by atoms with Gasteiger partial charge in [0.1, 0.15) is 41.5 Å². The van der Waals surface area contributed by atoms with Crippen LogP contribution in [0.4, 0.5) is 4.39 Å². The second-order valence-corrected chi connectivity index (χ2v) is 9.98. The molecule has 6 heteroatoms. The zero-order valence-electron chi connectivity index (χ0n) is 20.9. The van der Waals surface area contributed by atoms with Crippen LogP contribution >= 0.6 is 0 Å². The SMILES string of the molecule is Oc1ccc2c(c1)OCCC1=C2[C@H](c2ccc(OCCN3CCCCCC3)cc2)Oc2cc(F)ccc21. The van der Waals surface area contributed by atoms with E-state index in [0.29, 0.717) is 31.1 Å². The number of aromatic hydroxyl groups is 1. The van der Waals surface area contributed by atoms with E-state index < -0.39 is 6.10 Å². The van der Waals surface area contributed by atoms with Crippen LogP contribution in [0.2, 0.25) is 0 Å². The van der Waals surface area contributed by atoms with Gasteiger partial charge in [-0.25, -0.2) is 4.39 Å². The highest BCUT2D eigenvalue weighted by Crippen LogP contribution is 2.51. The number of nitrogens with zero attached hydrogens (tertiary/aromatic N) is 1. The molecule has 1 fully saturated rings. The third-order valence-corrected chi connectivity index (χ3v) is 7.52. The first-order chi connectivity index (χ1) is 18.2. The summed E-state index contributed by atoms with van der Waals surface area (Å²) in [6, 6.07) is 17.9. The molecule has 1 N–H and O–H groups in total. The van der Waals surface area contributed by atoms with Crippen LogP contribution < -0.4 is 14.2 Å². The number of ether oxygens (including phenoxy) is 3. The molecule has 0 aromatic heterocycles. The average Bonchev–Trinajstić information content (AvgIpc) is 3.27. The van der Waals surface area contributed by atoms with Crippen molar-refractivity contribution < 1.29 is 23.7 Å². The van der Waals surface area contributed by atoms with Gasteiger partial charge in [0.2, 0.25) is 0 Å². The van der Waals surface area contributed by atoms with Crippen LogP contribution in [0.3, 0.4) is 0 Å². The first kappa shape index (κ1) is 23.9. The fourth-order valence-corrected chi connectivity index (χ4v) is 5.65. The van der Waals surface area contributed by atoms with Gasteiger partial charge in [-0.05, 0) is 73.5 Å². The molecule has 6 rings (SSSR count). The van der Waals surface area contributed by atoms with Crippen LogP contribution in [0.25, 0.3) is 11.1 Å². The fraction of sp³-hybridized carbons (Fsp3) is 0.355. The zero-order valence-corrected chi connectivity index (χ0v) is 20.9. The fourth-order valence-electron chi connectivity index (χ4n) is 5.65. The van der Waals surface area contributed by atoms with E-state index in [-0.39, 0.29) is 11.6 Å². The Labute approximate surface area is 217 Å². The van der Waals surface area contributed by atoms with Crippen LogP contribution in [0, 0.1) is 5.82 Å². The average molecular weight is 502 g/mol. The number of hydrogen-bond donors (Lipinski definition) is 1. The van der Waals surface area contributed by atoms with Crippen molar-refractivity contribution in [3.05, 3.63) is 83.2 Å². The lowest BCUT2D eigenvalue weighted by molar-refractivity contribution is 0.214. The van der Waals surface area contributed by atoms with Crippen molar-refractivity contribution in [3.63, 3.8) is 0 Å². The molecule has 3 aliphatic rings. The molecule has 0 bridgehead atoms. The minimum atomic E-state index is -0.444. The van der Waals surface area contributed by atoms with Crippen LogP contribution in [0.1, 0.15) is 54.9 Å². The van der Waals surface area contributed by atoms with E-state index in [1.807, 2.05) is 30.3 Å². The Morgan fingerprint density at radius 2 is 1.68 bits per heavy atom. The maximum absolute atomic E-state index is 14.2. The maximum Gasteiger partial charge on any atom is 0.150 e. The normalized spacial score (nSPS) is 19.4. The van der Waals surface area contributed by atoms with Gasteiger partial charge in [-0.1, -0.05) is 25.0 Å². The third-order valence-electron chi connectivity index (χ3n) is 7.52. The standard InChI is InChI=1S/C31H32FNO4/c32-22-7-11-25-26-13-17-36-28-20-23(34)8-12-27(28)30(26)31(37-29(25)19-22)21-5-9-24(10-6-21)35-18-16-33-14-3-1-2-4-15-33/h5-12,19-20,31,34H,1-4,13-18H2/t31-/m0/s1. The number of likely N-dealkylation sites (tertiary alicyclic amines) is 1. The number of phenolic OH excluding ortho intramolecular Hbond substituents is 1. The van der Waals surface area contributed by atoms with Crippen LogP contribution in [0.15, 0.2) is 60.7 Å². The summed E-state index contributed by atoms with van der Waals surface area (Å²) < 4.78 is 32.7. The molecule has 0 amide bonds. The number of benzene rings is 3. The van der Waals surface area contributed by atoms with Crippen LogP contribution in [-0.4, -0.2) is 42.9 Å². The van der Waals surface area contributed by atoms with Crippen molar-refractivity contribution in [1.29, 1.82) is 0 Å². The molecule has 0 unspecified atom stereocenters. The second-order valence-electron chi connectivity index (χ2n) is 9.98. The van der Waals surface area contributed by atoms with Gasteiger partial charge >= 0.3 is 0 Å². The Morgan fingerprint density at radius 3 is 2.49 bits per heavy atom. The zero-order chi connectivity index (χ0) is 25.2. The summed E-state index contributed by atoms with van der Waals surface area (Å²) in [5, 5.41) is 10.1. The van der Waals surface area contributed by atoms with Gasteiger partial charge in [-0.2, -0.15) is 0 Å². The van der Waals surface area contributed by atoms with Gasteiger partial charge < -0.3 is 19.3 Å². The van der Waals surface area contributed by atoms with Gasteiger partial charge in [0.05, 0.1) is 6.61 Å². The summed E-state index contributed by atoms with van der Waals surface area (Å²) in [5.41, 5.74) is 4.77. The van der Waals surface area contributed by atoms with Gasteiger partial charge in [0.25, 0.3) is 0 Å². The van der Waals surface area contributed by atoms with Crippen molar-refractivity contribution in [1.82, 2.24) is 4.90 Å². The van der Waals surface area contributed by atoms with Gasteiger partial charge in [0, 0.05) is 41.8 Å². The number of fused-ring (bicyclic) bond motifs is 4. The van der Waals surface area contributed by atoms with E-state index in [9.17, 15) is 9.50 Å². The van der Waals surface area contributed by atoms with E-state index in [1.54, 1.807) is 18.2 Å². The Hall–Kier alpha value is -3.51. The monoisotopic (exact) mass is 501 g/mol. The summed E-state index contributed by atoms with van der Waals surface area (Å²) >= 11 is 0. The number of halogens is 1. The van der Waals surface area contributed by atoms with Crippen LogP contribution in [-0.2, 0) is 0 Å². The molecule has 3 aromatic carbocycles. The van der Waals surface area contributed by atoms with Gasteiger partial charge in [-0.3, -0.25) is 4.90 Å². The van der Waals surface area contributed by atoms with Crippen molar-refractivity contribution in [2.24, 2.45) is 0 Å².